The van der Waals surface area contributed by atoms with E-state index in [1.54, 1.807) is 0 Å². The third kappa shape index (κ3) is 3.28. The topological polar surface area (TPSA) is 92.6 Å². The molecule has 2 aromatic rings. The highest BCUT2D eigenvalue weighted by atomic mass is 19.4. The summed E-state index contributed by atoms with van der Waals surface area (Å²) >= 11 is 0. The van der Waals surface area contributed by atoms with Crippen LogP contribution >= 0.6 is 0 Å². The molecule has 0 saturated carbocycles. The molecule has 1 fully saturated rings. The van der Waals surface area contributed by atoms with Crippen molar-refractivity contribution in [2.24, 2.45) is 0 Å². The number of halogens is 3. The first kappa shape index (κ1) is 19.3. The van der Waals surface area contributed by atoms with E-state index >= 15 is 0 Å². The second kappa shape index (κ2) is 6.63. The third-order valence-corrected chi connectivity index (χ3v) is 4.53. The van der Waals surface area contributed by atoms with E-state index in [4.69, 9.17) is 0 Å². The van der Waals surface area contributed by atoms with Crippen LogP contribution in [0.15, 0.2) is 48.5 Å². The van der Waals surface area contributed by atoms with Gasteiger partial charge in [0.05, 0.1) is 17.0 Å². The Hall–Kier alpha value is -3.43. The van der Waals surface area contributed by atoms with E-state index in [1.165, 1.54) is 43.3 Å². The molecule has 0 aliphatic carbocycles. The zero-order valence-electron chi connectivity index (χ0n) is 14.5. The van der Waals surface area contributed by atoms with Crippen LogP contribution in [0.1, 0.15) is 23.6 Å². The van der Waals surface area contributed by atoms with Gasteiger partial charge in [0.25, 0.3) is 11.6 Å². The van der Waals surface area contributed by atoms with E-state index in [-0.39, 0.29) is 17.8 Å². The van der Waals surface area contributed by atoms with Gasteiger partial charge in [0.15, 0.2) is 0 Å². The van der Waals surface area contributed by atoms with Gasteiger partial charge in [-0.1, -0.05) is 30.3 Å². The summed E-state index contributed by atoms with van der Waals surface area (Å²) in [6.45, 7) is 0.986. The van der Waals surface area contributed by atoms with Gasteiger partial charge < -0.3 is 5.32 Å². The van der Waals surface area contributed by atoms with Crippen molar-refractivity contribution >= 4 is 17.6 Å². The Morgan fingerprint density at radius 3 is 2.29 bits per heavy atom. The number of alkyl halides is 3. The molecule has 0 spiro atoms. The van der Waals surface area contributed by atoms with Crippen molar-refractivity contribution in [2.75, 3.05) is 0 Å². The quantitative estimate of drug-likeness (QED) is 0.488. The Bertz CT molecular complexity index is 959. The molecule has 3 rings (SSSR count). The highest BCUT2D eigenvalue weighted by molar-refractivity contribution is 6.07. The smallest absolute Gasteiger partial charge is 0.319 e. The number of nitro benzene ring substituents is 1. The molecule has 146 valence electrons. The first-order valence-corrected chi connectivity index (χ1v) is 8.08. The molecule has 10 heteroatoms. The molecule has 7 nitrogen and oxygen atoms in total. The van der Waals surface area contributed by atoms with Crippen LogP contribution in [0.4, 0.5) is 23.7 Å². The number of nitrogens with one attached hydrogen (secondary N) is 1. The summed E-state index contributed by atoms with van der Waals surface area (Å²) < 4.78 is 40.1. The van der Waals surface area contributed by atoms with E-state index in [1.807, 2.05) is 0 Å². The molecule has 1 N–H and O–H groups in total. The minimum Gasteiger partial charge on any atom is -0.319 e. The number of carbonyl (C=O) groups excluding carboxylic acids is 2. The van der Waals surface area contributed by atoms with E-state index in [2.05, 4.69) is 5.32 Å². The molecule has 1 saturated heterocycles. The van der Waals surface area contributed by atoms with Crippen molar-refractivity contribution in [3.63, 3.8) is 0 Å². The van der Waals surface area contributed by atoms with Crippen LogP contribution in [-0.2, 0) is 23.1 Å². The lowest BCUT2D eigenvalue weighted by Crippen LogP contribution is -2.42. The lowest BCUT2D eigenvalue weighted by Gasteiger charge is -2.25. The number of nitrogens with zero attached hydrogens (tertiary/aromatic N) is 2. The lowest BCUT2D eigenvalue weighted by molar-refractivity contribution is -0.384. The van der Waals surface area contributed by atoms with Gasteiger partial charge in [-0.25, -0.2) is 4.79 Å². The number of urea groups is 1. The molecular weight excluding hydrogens is 379 g/mol. The van der Waals surface area contributed by atoms with Crippen LogP contribution < -0.4 is 5.32 Å². The molecule has 3 amide bonds. The maximum Gasteiger partial charge on any atom is 0.416 e. The average Bonchev–Trinajstić information content (AvgIpc) is 2.85. The van der Waals surface area contributed by atoms with E-state index in [0.29, 0.717) is 5.56 Å². The zero-order chi connectivity index (χ0) is 20.7. The predicted molar refractivity (Wildman–Crippen MR) is 91.0 cm³/mol. The van der Waals surface area contributed by atoms with Crippen LogP contribution in [-0.4, -0.2) is 21.8 Å². The fraction of sp³-hybridized carbons (Fsp3) is 0.222. The highest BCUT2D eigenvalue weighted by Gasteiger charge is 2.52. The molecule has 1 heterocycles. The molecular formula is C18H14F3N3O4. The summed E-state index contributed by atoms with van der Waals surface area (Å²) in [5.74, 6) is -0.840. The second-order valence-corrected chi connectivity index (χ2v) is 6.41. The lowest BCUT2D eigenvalue weighted by atomic mass is 9.87. The van der Waals surface area contributed by atoms with Crippen LogP contribution in [0, 0.1) is 10.1 Å². The van der Waals surface area contributed by atoms with Gasteiger partial charge in [-0.2, -0.15) is 13.2 Å². The SMILES string of the molecule is C[C@]1(c2ccccc2C(F)(F)F)NC(=O)N(Cc2ccc([N+](=O)[O-])cc2)C1=O. The number of carbonyl (C=O) groups is 2. The number of non-ortho nitro benzene ring substituents is 1. The summed E-state index contributed by atoms with van der Waals surface area (Å²) in [5.41, 5.74) is -2.99. The second-order valence-electron chi connectivity index (χ2n) is 6.41. The number of hydrogen-bond donors (Lipinski definition) is 1. The van der Waals surface area contributed by atoms with Crippen LogP contribution in [0.5, 0.6) is 0 Å². The normalized spacial score (nSPS) is 19.6. The summed E-state index contributed by atoms with van der Waals surface area (Å²) in [5, 5.41) is 13.0. The minimum atomic E-state index is -4.70. The van der Waals surface area contributed by atoms with E-state index < -0.39 is 34.1 Å². The van der Waals surface area contributed by atoms with Crippen molar-refractivity contribution in [3.05, 3.63) is 75.3 Å². The number of hydrogen-bond acceptors (Lipinski definition) is 4. The van der Waals surface area contributed by atoms with Crippen molar-refractivity contribution in [3.8, 4) is 0 Å². The molecule has 1 atom stereocenters. The van der Waals surface area contributed by atoms with Gasteiger partial charge in [-0.3, -0.25) is 19.8 Å². The molecule has 28 heavy (non-hydrogen) atoms. The molecule has 1 aliphatic rings. The van der Waals surface area contributed by atoms with Gasteiger partial charge in [-0.15, -0.1) is 0 Å². The van der Waals surface area contributed by atoms with Crippen LogP contribution in [0.3, 0.4) is 0 Å². The predicted octanol–water partition coefficient (Wildman–Crippen LogP) is 3.58. The number of amides is 3. The molecule has 0 bridgehead atoms. The van der Waals surface area contributed by atoms with Gasteiger partial charge in [0, 0.05) is 12.1 Å². The fourth-order valence-corrected chi connectivity index (χ4v) is 3.10. The summed E-state index contributed by atoms with van der Waals surface area (Å²) in [6.07, 6.45) is -4.70. The van der Waals surface area contributed by atoms with Gasteiger partial charge in [0.1, 0.15) is 5.54 Å². The Kier molecular flexibility index (Phi) is 4.58. The standard InChI is InChI=1S/C18H14F3N3O4/c1-17(13-4-2-3-5-14(13)18(19,20)21)15(25)23(16(26)22-17)10-11-6-8-12(9-7-11)24(27)28/h2-9H,10H2,1H3,(H,22,26)/t17-/m1/s1. The van der Waals surface area contributed by atoms with E-state index in [9.17, 15) is 32.9 Å². The number of rotatable bonds is 4. The zero-order valence-corrected chi connectivity index (χ0v) is 14.5. The van der Waals surface area contributed by atoms with Crippen molar-refractivity contribution < 1.29 is 27.7 Å². The summed E-state index contributed by atoms with van der Waals surface area (Å²) in [6, 6.07) is 8.88. The first-order chi connectivity index (χ1) is 13.0. The minimum absolute atomic E-state index is 0.162. The molecule has 0 aromatic heterocycles. The third-order valence-electron chi connectivity index (χ3n) is 4.53. The van der Waals surface area contributed by atoms with Crippen molar-refractivity contribution in [2.45, 2.75) is 25.2 Å². The Labute approximate surface area is 156 Å². The Morgan fingerprint density at radius 1 is 1.11 bits per heavy atom. The summed E-state index contributed by atoms with van der Waals surface area (Å²) in [4.78, 5) is 36.1. The average molecular weight is 393 g/mol. The molecule has 0 radical (unpaired) electrons. The largest absolute Gasteiger partial charge is 0.416 e. The summed E-state index contributed by atoms with van der Waals surface area (Å²) in [7, 11) is 0. The first-order valence-electron chi connectivity index (χ1n) is 8.08. The van der Waals surface area contributed by atoms with Gasteiger partial charge in [-0.05, 0) is 24.1 Å². The van der Waals surface area contributed by atoms with Crippen molar-refractivity contribution in [1.29, 1.82) is 0 Å². The van der Waals surface area contributed by atoms with Gasteiger partial charge >= 0.3 is 12.2 Å². The maximum absolute atomic E-state index is 13.4. The molecule has 2 aromatic carbocycles. The Balaban J connectivity index is 1.92. The van der Waals surface area contributed by atoms with Crippen LogP contribution in [0.2, 0.25) is 0 Å². The highest BCUT2D eigenvalue weighted by Crippen LogP contribution is 2.39. The monoisotopic (exact) mass is 393 g/mol. The molecule has 0 unspecified atom stereocenters. The Morgan fingerprint density at radius 2 is 1.71 bits per heavy atom. The van der Waals surface area contributed by atoms with Crippen molar-refractivity contribution in [1.82, 2.24) is 10.2 Å². The van der Waals surface area contributed by atoms with Gasteiger partial charge in [0.2, 0.25) is 0 Å². The molecule has 1 aliphatic heterocycles. The van der Waals surface area contributed by atoms with Crippen LogP contribution in [0.25, 0.3) is 0 Å². The maximum atomic E-state index is 13.4. The number of imide groups is 1. The van der Waals surface area contributed by atoms with E-state index in [0.717, 1.165) is 17.0 Å². The number of benzene rings is 2. The number of nitro groups is 1. The fourth-order valence-electron chi connectivity index (χ4n) is 3.10.